The second-order valence-electron chi connectivity index (χ2n) is 3.04. The molecule has 0 aliphatic carbocycles. The van der Waals surface area contributed by atoms with E-state index >= 15 is 0 Å². The van der Waals surface area contributed by atoms with Gasteiger partial charge >= 0.3 is 6.18 Å². The molecule has 0 bridgehead atoms. The van der Waals surface area contributed by atoms with E-state index in [1.807, 2.05) is 0 Å². The third-order valence-corrected chi connectivity index (χ3v) is 2.08. The summed E-state index contributed by atoms with van der Waals surface area (Å²) in [4.78, 5) is 10.7. The topological polar surface area (TPSA) is 49.3 Å². The molecule has 0 aromatic heterocycles. The van der Waals surface area contributed by atoms with Crippen LogP contribution in [0.5, 0.6) is 0 Å². The van der Waals surface area contributed by atoms with Crippen LogP contribution in [0.25, 0.3) is 6.08 Å². The molecule has 2 N–H and O–H groups in total. The molecule has 3 nitrogen and oxygen atoms in total. The van der Waals surface area contributed by atoms with Crippen molar-refractivity contribution < 1.29 is 23.2 Å². The zero-order valence-corrected chi connectivity index (χ0v) is 9.01. The molecule has 17 heavy (non-hydrogen) atoms. The van der Waals surface area contributed by atoms with Crippen LogP contribution in [-0.2, 0) is 11.0 Å². The van der Waals surface area contributed by atoms with Crippen LogP contribution in [0.1, 0.15) is 11.1 Å². The molecule has 0 radical (unpaired) electrons. The van der Waals surface area contributed by atoms with Crippen LogP contribution in [0.2, 0.25) is 5.02 Å². The number of hydrogen-bond donors (Lipinski definition) is 2. The van der Waals surface area contributed by atoms with Crippen LogP contribution in [0.15, 0.2) is 24.3 Å². The lowest BCUT2D eigenvalue weighted by Gasteiger charge is -2.10. The smallest absolute Gasteiger partial charge is 0.288 e. The highest BCUT2D eigenvalue weighted by Gasteiger charge is 2.32. The number of benzene rings is 1. The van der Waals surface area contributed by atoms with E-state index in [0.29, 0.717) is 0 Å². The number of hydrogen-bond acceptors (Lipinski definition) is 2. The third kappa shape index (κ3) is 3.76. The van der Waals surface area contributed by atoms with E-state index in [-0.39, 0.29) is 10.6 Å². The number of carbonyl (C=O) groups is 1. The number of rotatable bonds is 2. The third-order valence-electron chi connectivity index (χ3n) is 1.85. The van der Waals surface area contributed by atoms with Crippen molar-refractivity contribution in [2.24, 2.45) is 0 Å². The summed E-state index contributed by atoms with van der Waals surface area (Å²) < 4.78 is 37.8. The predicted molar refractivity (Wildman–Crippen MR) is 55.4 cm³/mol. The van der Waals surface area contributed by atoms with Crippen molar-refractivity contribution in [2.75, 3.05) is 0 Å². The van der Waals surface area contributed by atoms with E-state index in [2.05, 4.69) is 0 Å². The highest BCUT2D eigenvalue weighted by molar-refractivity contribution is 6.30. The molecule has 7 heteroatoms. The molecule has 92 valence electrons. The number of halogens is 4. The van der Waals surface area contributed by atoms with Gasteiger partial charge in [-0.1, -0.05) is 17.7 Å². The normalized spacial score (nSPS) is 11.8. The van der Waals surface area contributed by atoms with E-state index in [9.17, 15) is 18.0 Å². The summed E-state index contributed by atoms with van der Waals surface area (Å²) in [6.07, 6.45) is -2.86. The minimum absolute atomic E-state index is 0.0546. The Balaban J connectivity index is 3.16. The van der Waals surface area contributed by atoms with Crippen LogP contribution in [-0.4, -0.2) is 11.1 Å². The number of hydroxylamine groups is 1. The van der Waals surface area contributed by atoms with Gasteiger partial charge in [0.25, 0.3) is 5.91 Å². The molecule has 0 aliphatic rings. The predicted octanol–water partition coefficient (Wildman–Crippen LogP) is 2.88. The maximum atomic E-state index is 12.6. The molecule has 0 unspecified atom stereocenters. The summed E-state index contributed by atoms with van der Waals surface area (Å²) >= 11 is 5.47. The summed E-state index contributed by atoms with van der Waals surface area (Å²) in [6.45, 7) is 0. The maximum Gasteiger partial charge on any atom is 0.417 e. The van der Waals surface area contributed by atoms with Crippen molar-refractivity contribution in [1.29, 1.82) is 0 Å². The van der Waals surface area contributed by atoms with E-state index in [1.165, 1.54) is 11.5 Å². The fourth-order valence-corrected chi connectivity index (χ4v) is 1.29. The van der Waals surface area contributed by atoms with Crippen molar-refractivity contribution in [3.05, 3.63) is 40.4 Å². The molecule has 1 aromatic rings. The van der Waals surface area contributed by atoms with Crippen molar-refractivity contribution in [3.8, 4) is 0 Å². The van der Waals surface area contributed by atoms with Gasteiger partial charge in [0.1, 0.15) is 0 Å². The molecule has 0 spiro atoms. The molecule has 0 aliphatic heterocycles. The van der Waals surface area contributed by atoms with Crippen molar-refractivity contribution in [1.82, 2.24) is 5.48 Å². The number of amides is 1. The molecular formula is C10H7ClF3NO2. The number of nitrogens with one attached hydrogen (secondary N) is 1. The van der Waals surface area contributed by atoms with Gasteiger partial charge in [-0.25, -0.2) is 5.48 Å². The Morgan fingerprint density at radius 2 is 2.06 bits per heavy atom. The lowest BCUT2D eigenvalue weighted by atomic mass is 10.1. The molecule has 0 atom stereocenters. The van der Waals surface area contributed by atoms with Gasteiger partial charge in [0.2, 0.25) is 0 Å². The molecule has 1 rings (SSSR count). The lowest BCUT2D eigenvalue weighted by Crippen LogP contribution is -2.15. The first-order chi connectivity index (χ1) is 7.84. The standard InChI is InChI=1S/C10H7ClF3NO2/c11-7-3-1-6(2-4-9(16)15-17)8(5-7)10(12,13)14/h1-5,17H,(H,15,16)/b4-2+. The maximum absolute atomic E-state index is 12.6. The Morgan fingerprint density at radius 3 is 2.59 bits per heavy atom. The molecular weight excluding hydrogens is 259 g/mol. The van der Waals surface area contributed by atoms with Crippen LogP contribution in [0.3, 0.4) is 0 Å². The molecule has 0 heterocycles. The first kappa shape index (κ1) is 13.5. The SMILES string of the molecule is O=C(/C=C/c1ccc(Cl)cc1C(F)(F)F)NO. The Labute approximate surface area is 99.5 Å². The monoisotopic (exact) mass is 265 g/mol. The van der Waals surface area contributed by atoms with Gasteiger partial charge < -0.3 is 0 Å². The van der Waals surface area contributed by atoms with E-state index in [4.69, 9.17) is 16.8 Å². The van der Waals surface area contributed by atoms with Crippen molar-refractivity contribution >= 4 is 23.6 Å². The Morgan fingerprint density at radius 1 is 1.41 bits per heavy atom. The lowest BCUT2D eigenvalue weighted by molar-refractivity contribution is -0.137. The minimum Gasteiger partial charge on any atom is -0.288 e. The summed E-state index contributed by atoms with van der Waals surface area (Å²) in [6, 6.07) is 3.16. The fraction of sp³-hybridized carbons (Fsp3) is 0.100. The highest BCUT2D eigenvalue weighted by Crippen LogP contribution is 2.34. The van der Waals surface area contributed by atoms with Gasteiger partial charge in [-0.05, 0) is 23.8 Å². The van der Waals surface area contributed by atoms with Crippen LogP contribution < -0.4 is 5.48 Å². The zero-order chi connectivity index (χ0) is 13.1. The first-order valence-corrected chi connectivity index (χ1v) is 4.71. The molecule has 1 amide bonds. The molecule has 0 fully saturated rings. The van der Waals surface area contributed by atoms with Gasteiger partial charge in [-0.3, -0.25) is 10.0 Å². The Kier molecular flexibility index (Phi) is 4.14. The van der Waals surface area contributed by atoms with Gasteiger partial charge in [-0.15, -0.1) is 0 Å². The average Bonchev–Trinajstić information content (AvgIpc) is 2.25. The Hall–Kier alpha value is -1.53. The number of alkyl halides is 3. The second-order valence-corrected chi connectivity index (χ2v) is 3.48. The largest absolute Gasteiger partial charge is 0.417 e. The van der Waals surface area contributed by atoms with E-state index < -0.39 is 17.6 Å². The summed E-state index contributed by atoms with van der Waals surface area (Å²) in [5.41, 5.74) is 0.103. The molecule has 1 aromatic carbocycles. The van der Waals surface area contributed by atoms with Crippen LogP contribution in [0, 0.1) is 0 Å². The molecule has 0 saturated heterocycles. The fourth-order valence-electron chi connectivity index (χ4n) is 1.12. The van der Waals surface area contributed by atoms with Gasteiger partial charge in [0, 0.05) is 11.1 Å². The van der Waals surface area contributed by atoms with Crippen LogP contribution in [0.4, 0.5) is 13.2 Å². The minimum atomic E-state index is -4.57. The van der Waals surface area contributed by atoms with Gasteiger partial charge in [0.15, 0.2) is 0 Å². The van der Waals surface area contributed by atoms with Crippen molar-refractivity contribution in [2.45, 2.75) is 6.18 Å². The Bertz CT molecular complexity index is 457. The first-order valence-electron chi connectivity index (χ1n) is 4.33. The average molecular weight is 266 g/mol. The van der Waals surface area contributed by atoms with E-state index in [0.717, 1.165) is 24.3 Å². The highest BCUT2D eigenvalue weighted by atomic mass is 35.5. The van der Waals surface area contributed by atoms with Gasteiger partial charge in [0.05, 0.1) is 5.56 Å². The van der Waals surface area contributed by atoms with Gasteiger partial charge in [-0.2, -0.15) is 13.2 Å². The summed E-state index contributed by atoms with van der Waals surface area (Å²) in [5, 5.41) is 8.14. The number of carbonyl (C=O) groups excluding carboxylic acids is 1. The van der Waals surface area contributed by atoms with E-state index in [1.54, 1.807) is 0 Å². The quantitative estimate of drug-likeness (QED) is 0.491. The zero-order valence-electron chi connectivity index (χ0n) is 8.25. The second kappa shape index (κ2) is 5.20. The summed E-state index contributed by atoms with van der Waals surface area (Å²) in [5.74, 6) is -0.923. The summed E-state index contributed by atoms with van der Waals surface area (Å²) in [7, 11) is 0. The van der Waals surface area contributed by atoms with Crippen molar-refractivity contribution in [3.63, 3.8) is 0 Å². The van der Waals surface area contributed by atoms with Crippen LogP contribution >= 0.6 is 11.6 Å². The molecule has 0 saturated carbocycles.